The molecule has 0 radical (unpaired) electrons. The number of urea groups is 1. The van der Waals surface area contributed by atoms with Gasteiger partial charge in [0, 0.05) is 6.04 Å². The maximum atomic E-state index is 12.1. The third-order valence-electron chi connectivity index (χ3n) is 4.65. The quantitative estimate of drug-likeness (QED) is 0.699. The van der Waals surface area contributed by atoms with Crippen molar-refractivity contribution in [3.8, 4) is 0 Å². The van der Waals surface area contributed by atoms with E-state index in [1.165, 1.54) is 38.5 Å². The molecule has 0 aromatic heterocycles. The van der Waals surface area contributed by atoms with E-state index in [1.807, 2.05) is 0 Å². The molecule has 0 heterocycles. The van der Waals surface area contributed by atoms with Crippen LogP contribution in [0.2, 0.25) is 0 Å². The first-order valence-corrected chi connectivity index (χ1v) is 8.44. The fourth-order valence-electron chi connectivity index (χ4n) is 3.50. The topological polar surface area (TPSA) is 67.1 Å². The molecular formula is C15H27N3OS. The molecule has 2 fully saturated rings. The molecule has 0 saturated heterocycles. The van der Waals surface area contributed by atoms with E-state index < -0.39 is 0 Å². The molecule has 1 unspecified atom stereocenters. The predicted molar refractivity (Wildman–Crippen MR) is 85.7 cm³/mol. The second kappa shape index (κ2) is 7.81. The molecule has 2 rings (SSSR count). The van der Waals surface area contributed by atoms with Crippen molar-refractivity contribution in [1.82, 2.24) is 10.6 Å². The van der Waals surface area contributed by atoms with E-state index in [0.717, 1.165) is 25.7 Å². The van der Waals surface area contributed by atoms with Crippen molar-refractivity contribution in [1.29, 1.82) is 0 Å². The van der Waals surface area contributed by atoms with Crippen molar-refractivity contribution in [2.45, 2.75) is 76.3 Å². The summed E-state index contributed by atoms with van der Waals surface area (Å²) in [5, 5.41) is 6.10. The van der Waals surface area contributed by atoms with Crippen molar-refractivity contribution in [3.63, 3.8) is 0 Å². The smallest absolute Gasteiger partial charge is 0.315 e. The Labute approximate surface area is 127 Å². The number of amides is 2. The zero-order chi connectivity index (χ0) is 14.4. The SMILES string of the molecule is NC(=S)C(NC(=O)NC1CCCCC1)C1CCCCC1. The summed E-state index contributed by atoms with van der Waals surface area (Å²) in [5.41, 5.74) is 5.84. The van der Waals surface area contributed by atoms with E-state index in [0.29, 0.717) is 16.9 Å². The molecule has 0 aromatic carbocycles. The van der Waals surface area contributed by atoms with Crippen molar-refractivity contribution in [2.24, 2.45) is 11.7 Å². The van der Waals surface area contributed by atoms with Gasteiger partial charge in [0.15, 0.2) is 0 Å². The number of thiocarbonyl (C=S) groups is 1. The number of nitrogens with two attached hydrogens (primary N) is 1. The van der Waals surface area contributed by atoms with Crippen molar-refractivity contribution >= 4 is 23.2 Å². The fourth-order valence-corrected chi connectivity index (χ4v) is 3.76. The van der Waals surface area contributed by atoms with Crippen LogP contribution in [0.5, 0.6) is 0 Å². The Balaban J connectivity index is 1.83. The molecular weight excluding hydrogens is 270 g/mol. The summed E-state index contributed by atoms with van der Waals surface area (Å²) < 4.78 is 0. The Morgan fingerprint density at radius 3 is 2.10 bits per heavy atom. The molecule has 2 amide bonds. The summed E-state index contributed by atoms with van der Waals surface area (Å²) in [5.74, 6) is 0.415. The molecule has 4 nitrogen and oxygen atoms in total. The second-order valence-corrected chi connectivity index (χ2v) is 6.70. The lowest BCUT2D eigenvalue weighted by molar-refractivity contribution is 0.224. The lowest BCUT2D eigenvalue weighted by atomic mass is 9.84. The molecule has 1 atom stereocenters. The fraction of sp³-hybridized carbons (Fsp3) is 0.867. The summed E-state index contributed by atoms with van der Waals surface area (Å²) in [6.45, 7) is 0. The van der Waals surface area contributed by atoms with Crippen LogP contribution in [0.25, 0.3) is 0 Å². The maximum absolute atomic E-state index is 12.1. The number of nitrogens with one attached hydrogen (secondary N) is 2. The van der Waals surface area contributed by atoms with Gasteiger partial charge in [-0.1, -0.05) is 50.7 Å². The van der Waals surface area contributed by atoms with Crippen LogP contribution in [0.3, 0.4) is 0 Å². The first-order valence-electron chi connectivity index (χ1n) is 8.03. The first kappa shape index (κ1) is 15.5. The molecule has 2 aliphatic carbocycles. The van der Waals surface area contributed by atoms with Gasteiger partial charge >= 0.3 is 6.03 Å². The van der Waals surface area contributed by atoms with Gasteiger partial charge in [-0.2, -0.15) is 0 Å². The molecule has 20 heavy (non-hydrogen) atoms. The van der Waals surface area contributed by atoms with Gasteiger partial charge in [-0.25, -0.2) is 4.79 Å². The molecule has 5 heteroatoms. The highest BCUT2D eigenvalue weighted by Gasteiger charge is 2.27. The average Bonchev–Trinajstić information content (AvgIpc) is 2.46. The zero-order valence-corrected chi connectivity index (χ0v) is 13.0. The third kappa shape index (κ3) is 4.62. The van der Waals surface area contributed by atoms with Crippen LogP contribution in [0.15, 0.2) is 0 Å². The van der Waals surface area contributed by atoms with Gasteiger partial charge in [0.05, 0.1) is 11.0 Å². The van der Waals surface area contributed by atoms with E-state index >= 15 is 0 Å². The first-order chi connectivity index (χ1) is 9.66. The summed E-state index contributed by atoms with van der Waals surface area (Å²) in [6.07, 6.45) is 11.9. The van der Waals surface area contributed by atoms with Crippen LogP contribution in [0, 0.1) is 5.92 Å². The van der Waals surface area contributed by atoms with Gasteiger partial charge in [-0.3, -0.25) is 0 Å². The van der Waals surface area contributed by atoms with Crippen LogP contribution in [0.4, 0.5) is 4.79 Å². The molecule has 0 aliphatic heterocycles. The predicted octanol–water partition coefficient (Wildman–Crippen LogP) is 2.85. The Morgan fingerprint density at radius 1 is 1.00 bits per heavy atom. The molecule has 2 saturated carbocycles. The third-order valence-corrected chi connectivity index (χ3v) is 4.91. The second-order valence-electron chi connectivity index (χ2n) is 6.23. The average molecular weight is 297 g/mol. The van der Waals surface area contributed by atoms with Crippen molar-refractivity contribution in [2.75, 3.05) is 0 Å². The number of carbonyl (C=O) groups is 1. The van der Waals surface area contributed by atoms with Gasteiger partial charge in [0.2, 0.25) is 0 Å². The van der Waals surface area contributed by atoms with Crippen molar-refractivity contribution < 1.29 is 4.79 Å². The van der Waals surface area contributed by atoms with E-state index in [1.54, 1.807) is 0 Å². The minimum atomic E-state index is -0.145. The number of hydrogen-bond acceptors (Lipinski definition) is 2. The normalized spacial score (nSPS) is 23.0. The molecule has 0 spiro atoms. The minimum absolute atomic E-state index is 0.0970. The highest BCUT2D eigenvalue weighted by atomic mass is 32.1. The number of rotatable bonds is 4. The van der Waals surface area contributed by atoms with Gasteiger partial charge in [-0.05, 0) is 31.6 Å². The van der Waals surface area contributed by atoms with Gasteiger partial charge in [0.1, 0.15) is 0 Å². The van der Waals surface area contributed by atoms with Gasteiger partial charge < -0.3 is 16.4 Å². The number of carbonyl (C=O) groups excluding carboxylic acids is 1. The maximum Gasteiger partial charge on any atom is 0.315 e. The monoisotopic (exact) mass is 297 g/mol. The largest absolute Gasteiger partial charge is 0.392 e. The van der Waals surface area contributed by atoms with E-state index in [9.17, 15) is 4.79 Å². The Bertz CT molecular complexity index is 336. The van der Waals surface area contributed by atoms with E-state index in [2.05, 4.69) is 10.6 Å². The van der Waals surface area contributed by atoms with Crippen molar-refractivity contribution in [3.05, 3.63) is 0 Å². The minimum Gasteiger partial charge on any atom is -0.392 e. The molecule has 0 bridgehead atoms. The molecule has 0 aromatic rings. The van der Waals surface area contributed by atoms with Crippen LogP contribution in [-0.2, 0) is 0 Å². The number of hydrogen-bond donors (Lipinski definition) is 3. The van der Waals surface area contributed by atoms with Crippen LogP contribution >= 0.6 is 12.2 Å². The van der Waals surface area contributed by atoms with Gasteiger partial charge in [0.25, 0.3) is 0 Å². The highest BCUT2D eigenvalue weighted by Crippen LogP contribution is 2.26. The summed E-state index contributed by atoms with van der Waals surface area (Å²) in [6, 6.07) is 0.0799. The standard InChI is InChI=1S/C15H27N3OS/c16-14(20)13(11-7-3-1-4-8-11)18-15(19)17-12-9-5-2-6-10-12/h11-13H,1-10H2,(H2,16,20)(H2,17,18,19). The highest BCUT2D eigenvalue weighted by molar-refractivity contribution is 7.80. The Hall–Kier alpha value is -0.840. The van der Waals surface area contributed by atoms with E-state index in [4.69, 9.17) is 18.0 Å². The van der Waals surface area contributed by atoms with Crippen LogP contribution < -0.4 is 16.4 Å². The van der Waals surface area contributed by atoms with Gasteiger partial charge in [-0.15, -0.1) is 0 Å². The summed E-state index contributed by atoms with van der Waals surface area (Å²) >= 11 is 5.16. The molecule has 4 N–H and O–H groups in total. The lowest BCUT2D eigenvalue weighted by Gasteiger charge is -2.31. The van der Waals surface area contributed by atoms with Crippen LogP contribution in [-0.4, -0.2) is 23.1 Å². The lowest BCUT2D eigenvalue weighted by Crippen LogP contribution is -2.53. The van der Waals surface area contributed by atoms with E-state index in [-0.39, 0.29) is 12.1 Å². The Kier molecular flexibility index (Phi) is 6.07. The molecule has 114 valence electrons. The zero-order valence-electron chi connectivity index (χ0n) is 12.2. The van der Waals surface area contributed by atoms with Crippen LogP contribution in [0.1, 0.15) is 64.2 Å². The Morgan fingerprint density at radius 2 is 1.55 bits per heavy atom. The molecule has 2 aliphatic rings. The summed E-state index contributed by atoms with van der Waals surface area (Å²) in [7, 11) is 0. The summed E-state index contributed by atoms with van der Waals surface area (Å²) in [4.78, 5) is 12.6.